The number of aromatic nitrogens is 4. The topological polar surface area (TPSA) is 114 Å². The van der Waals surface area contributed by atoms with Gasteiger partial charge in [0.1, 0.15) is 5.82 Å². The van der Waals surface area contributed by atoms with Crippen molar-refractivity contribution >= 4 is 11.6 Å². The number of aryl methyl sites for hydroxylation is 1. The van der Waals surface area contributed by atoms with Crippen molar-refractivity contribution in [2.45, 2.75) is 12.8 Å². The second kappa shape index (κ2) is 5.76. The highest BCUT2D eigenvalue weighted by Crippen LogP contribution is 2.44. The molecule has 0 saturated carbocycles. The lowest BCUT2D eigenvalue weighted by atomic mass is 9.83. The average molecular weight is 369 g/mol. The molecule has 1 aromatic carbocycles. The molecule has 0 unspecified atom stereocenters. The van der Waals surface area contributed by atoms with Gasteiger partial charge in [-0.15, -0.1) is 0 Å². The normalized spacial score (nSPS) is 15.0. The summed E-state index contributed by atoms with van der Waals surface area (Å²) in [7, 11) is 4.52. The Morgan fingerprint density at radius 3 is 2.63 bits per heavy atom. The van der Waals surface area contributed by atoms with Crippen LogP contribution in [0.3, 0.4) is 0 Å². The number of hydrogen-bond donors (Lipinski definition) is 3. The van der Waals surface area contributed by atoms with Crippen LogP contribution >= 0.6 is 0 Å². The Morgan fingerprint density at radius 1 is 1.19 bits per heavy atom. The molecule has 2 aromatic heterocycles. The Morgan fingerprint density at radius 2 is 1.93 bits per heavy atom. The molecule has 1 atom stereocenters. The van der Waals surface area contributed by atoms with Gasteiger partial charge in [0.05, 0.1) is 12.7 Å². The fourth-order valence-electron chi connectivity index (χ4n) is 3.63. The number of ether oxygens (including phenoxy) is 1. The first-order valence-electron chi connectivity index (χ1n) is 8.33. The van der Waals surface area contributed by atoms with Crippen molar-refractivity contribution in [3.05, 3.63) is 61.4 Å². The average Bonchev–Trinajstić information content (AvgIpc) is 3.04. The van der Waals surface area contributed by atoms with Crippen molar-refractivity contribution in [1.82, 2.24) is 19.3 Å². The number of phenols is 1. The third-order valence-electron chi connectivity index (χ3n) is 5.05. The predicted molar refractivity (Wildman–Crippen MR) is 99.1 cm³/mol. The Balaban J connectivity index is 2.10. The standard InChI is InChI=1S/C18H19N5O4/c1-8-12-13(9-5-6-10(24)11(7-9)27-4)14-16(19-15(12)21-20-8)22(2)18(26)23(3)17(14)25/h5-7,13,24H,1-4H3,(H2,19,20,21)/t13-/m0/s1. The van der Waals surface area contributed by atoms with E-state index in [9.17, 15) is 14.7 Å². The van der Waals surface area contributed by atoms with Crippen LogP contribution in [0.1, 0.15) is 28.3 Å². The number of nitrogens with zero attached hydrogens (tertiary/aromatic N) is 3. The van der Waals surface area contributed by atoms with Crippen molar-refractivity contribution in [3.63, 3.8) is 0 Å². The lowest BCUT2D eigenvalue weighted by molar-refractivity contribution is 0.373. The maximum absolute atomic E-state index is 13.0. The molecule has 3 aromatic rings. The molecule has 3 heterocycles. The molecule has 0 amide bonds. The summed E-state index contributed by atoms with van der Waals surface area (Å²) in [5.74, 6) is 0.791. The van der Waals surface area contributed by atoms with Gasteiger partial charge in [0.25, 0.3) is 5.56 Å². The molecular formula is C18H19N5O4. The highest BCUT2D eigenvalue weighted by molar-refractivity contribution is 5.72. The van der Waals surface area contributed by atoms with Gasteiger partial charge in [-0.2, -0.15) is 5.10 Å². The van der Waals surface area contributed by atoms with Gasteiger partial charge in [0.2, 0.25) is 0 Å². The fraction of sp³-hybridized carbons (Fsp3) is 0.278. The number of anilines is 2. The van der Waals surface area contributed by atoms with Crippen molar-refractivity contribution in [2.75, 3.05) is 12.4 Å². The number of aromatic hydroxyl groups is 1. The Labute approximate surface area is 153 Å². The van der Waals surface area contributed by atoms with Crippen LogP contribution in [0, 0.1) is 6.92 Å². The number of aromatic amines is 1. The quantitative estimate of drug-likeness (QED) is 0.487. The van der Waals surface area contributed by atoms with Gasteiger partial charge in [0.15, 0.2) is 17.3 Å². The van der Waals surface area contributed by atoms with E-state index in [1.807, 2.05) is 6.92 Å². The number of fused-ring (bicyclic) bond motifs is 2. The molecule has 4 rings (SSSR count). The second-order valence-electron chi connectivity index (χ2n) is 6.57. The number of H-pyrrole nitrogens is 1. The van der Waals surface area contributed by atoms with E-state index in [-0.39, 0.29) is 11.3 Å². The number of phenolic OH excluding ortho intramolecular Hbond substituents is 1. The third-order valence-corrected chi connectivity index (χ3v) is 5.05. The van der Waals surface area contributed by atoms with Crippen LogP contribution < -0.4 is 21.3 Å². The molecule has 1 aliphatic heterocycles. The molecule has 0 bridgehead atoms. The second-order valence-corrected chi connectivity index (χ2v) is 6.57. The summed E-state index contributed by atoms with van der Waals surface area (Å²) in [6.07, 6.45) is 0. The Kier molecular flexibility index (Phi) is 3.62. The Bertz CT molecular complexity index is 1190. The summed E-state index contributed by atoms with van der Waals surface area (Å²) in [6.45, 7) is 1.87. The minimum absolute atomic E-state index is 0.00733. The Hall–Kier alpha value is -3.49. The van der Waals surface area contributed by atoms with Gasteiger partial charge in [-0.3, -0.25) is 19.0 Å². The molecule has 9 heteroatoms. The van der Waals surface area contributed by atoms with Crippen molar-refractivity contribution < 1.29 is 9.84 Å². The molecule has 0 saturated heterocycles. The maximum atomic E-state index is 13.0. The van der Waals surface area contributed by atoms with Crippen LogP contribution in [0.2, 0.25) is 0 Å². The van der Waals surface area contributed by atoms with Crippen LogP contribution in [-0.4, -0.2) is 31.5 Å². The summed E-state index contributed by atoms with van der Waals surface area (Å²) in [4.78, 5) is 25.4. The highest BCUT2D eigenvalue weighted by Gasteiger charge is 2.35. The van der Waals surface area contributed by atoms with Crippen LogP contribution in [0.5, 0.6) is 11.5 Å². The zero-order chi connectivity index (χ0) is 19.5. The van der Waals surface area contributed by atoms with Crippen molar-refractivity contribution in [3.8, 4) is 11.5 Å². The van der Waals surface area contributed by atoms with Gasteiger partial charge >= 0.3 is 5.69 Å². The van der Waals surface area contributed by atoms with E-state index in [2.05, 4.69) is 15.5 Å². The number of benzene rings is 1. The van der Waals surface area contributed by atoms with Crippen molar-refractivity contribution in [2.24, 2.45) is 14.1 Å². The summed E-state index contributed by atoms with van der Waals surface area (Å²) in [5, 5.41) is 20.3. The lowest BCUT2D eigenvalue weighted by Gasteiger charge is -2.28. The van der Waals surface area contributed by atoms with Gasteiger partial charge in [-0.25, -0.2) is 4.79 Å². The van der Waals surface area contributed by atoms with Crippen LogP contribution in [0.4, 0.5) is 11.6 Å². The molecule has 0 aliphatic carbocycles. The SMILES string of the molecule is COc1cc([C@H]2c3c(n[nH]c3C)Nc3c2c(=O)n(C)c(=O)n3C)ccc1O. The molecule has 1 aliphatic rings. The molecule has 0 radical (unpaired) electrons. The monoisotopic (exact) mass is 369 g/mol. The number of hydrogen-bond acceptors (Lipinski definition) is 6. The molecule has 140 valence electrons. The van der Waals surface area contributed by atoms with E-state index < -0.39 is 11.6 Å². The van der Waals surface area contributed by atoms with E-state index in [0.717, 1.165) is 21.4 Å². The van der Waals surface area contributed by atoms with Gasteiger partial charge in [-0.1, -0.05) is 6.07 Å². The van der Waals surface area contributed by atoms with E-state index >= 15 is 0 Å². The van der Waals surface area contributed by atoms with Crippen LogP contribution in [0.25, 0.3) is 0 Å². The first kappa shape index (κ1) is 17.0. The number of rotatable bonds is 2. The third kappa shape index (κ3) is 2.28. The zero-order valence-corrected chi connectivity index (χ0v) is 15.3. The smallest absolute Gasteiger partial charge is 0.332 e. The molecular weight excluding hydrogens is 350 g/mol. The van der Waals surface area contributed by atoms with Gasteiger partial charge < -0.3 is 15.2 Å². The zero-order valence-electron chi connectivity index (χ0n) is 15.3. The van der Waals surface area contributed by atoms with E-state index in [4.69, 9.17) is 4.74 Å². The lowest BCUT2D eigenvalue weighted by Crippen LogP contribution is -2.42. The molecule has 0 fully saturated rings. The molecule has 27 heavy (non-hydrogen) atoms. The van der Waals surface area contributed by atoms with E-state index in [1.165, 1.54) is 24.8 Å². The summed E-state index contributed by atoms with van der Waals surface area (Å²) in [5.41, 5.74) is 1.98. The minimum Gasteiger partial charge on any atom is -0.504 e. The van der Waals surface area contributed by atoms with Crippen LogP contribution in [0.15, 0.2) is 27.8 Å². The largest absolute Gasteiger partial charge is 0.504 e. The number of methoxy groups -OCH3 is 1. The summed E-state index contributed by atoms with van der Waals surface area (Å²) in [6, 6.07) is 4.95. The predicted octanol–water partition coefficient (Wildman–Crippen LogP) is 1.07. The van der Waals surface area contributed by atoms with Crippen molar-refractivity contribution in [1.29, 1.82) is 0 Å². The van der Waals surface area contributed by atoms with E-state index in [1.54, 1.807) is 19.2 Å². The van der Waals surface area contributed by atoms with Crippen LogP contribution in [-0.2, 0) is 14.1 Å². The minimum atomic E-state index is -0.477. The highest BCUT2D eigenvalue weighted by atomic mass is 16.5. The van der Waals surface area contributed by atoms with E-state index in [0.29, 0.717) is 22.9 Å². The first-order chi connectivity index (χ1) is 12.8. The van der Waals surface area contributed by atoms with Gasteiger partial charge in [-0.05, 0) is 24.6 Å². The summed E-state index contributed by atoms with van der Waals surface area (Å²) >= 11 is 0. The maximum Gasteiger partial charge on any atom is 0.332 e. The fourth-order valence-corrected chi connectivity index (χ4v) is 3.63. The van der Waals surface area contributed by atoms with Gasteiger partial charge in [0, 0.05) is 31.3 Å². The molecule has 3 N–H and O–H groups in total. The summed E-state index contributed by atoms with van der Waals surface area (Å²) < 4.78 is 7.72. The molecule has 0 spiro atoms. The molecule has 9 nitrogen and oxygen atoms in total. The first-order valence-corrected chi connectivity index (χ1v) is 8.33. The number of nitrogens with one attached hydrogen (secondary N) is 2.